The van der Waals surface area contributed by atoms with Gasteiger partial charge in [0.05, 0.1) is 7.11 Å². The molecule has 1 aromatic carbocycles. The largest absolute Gasteiger partial charge is 0.497 e. The first kappa shape index (κ1) is 10.2. The Bertz CT molecular complexity index is 373. The number of Topliss-reactive ketones (excluding diaryl/α,β-unsaturated/α-hetero) is 1. The topological polar surface area (TPSA) is 35.5 Å². The predicted octanol–water partition coefficient (Wildman–Crippen LogP) is 1.77. The summed E-state index contributed by atoms with van der Waals surface area (Å²) in [4.78, 5) is 11.2. The molecule has 1 saturated carbocycles. The summed E-state index contributed by atoms with van der Waals surface area (Å²) in [6.45, 7) is 0. The van der Waals surface area contributed by atoms with Gasteiger partial charge in [0.2, 0.25) is 0 Å². The molecule has 0 N–H and O–H groups in total. The van der Waals surface area contributed by atoms with Crippen LogP contribution in [0.15, 0.2) is 24.3 Å². The minimum atomic E-state index is -0.267. The first-order valence-electron chi connectivity index (χ1n) is 4.95. The van der Waals surface area contributed by atoms with E-state index in [4.69, 9.17) is 9.47 Å². The molecule has 1 aliphatic carbocycles. The van der Waals surface area contributed by atoms with E-state index in [1.54, 1.807) is 14.2 Å². The Morgan fingerprint density at radius 2 is 2.13 bits per heavy atom. The molecule has 3 nitrogen and oxygen atoms in total. The van der Waals surface area contributed by atoms with Crippen molar-refractivity contribution < 1.29 is 14.3 Å². The van der Waals surface area contributed by atoms with Crippen molar-refractivity contribution in [1.82, 2.24) is 0 Å². The Labute approximate surface area is 89.0 Å². The molecule has 0 aliphatic heterocycles. The molecular weight excluding hydrogens is 192 g/mol. The van der Waals surface area contributed by atoms with Gasteiger partial charge < -0.3 is 9.47 Å². The second-order valence-electron chi connectivity index (χ2n) is 3.71. The van der Waals surface area contributed by atoms with E-state index >= 15 is 0 Å². The minimum absolute atomic E-state index is 0.185. The number of carbonyl (C=O) groups excluding carboxylic acids is 1. The van der Waals surface area contributed by atoms with Gasteiger partial charge in [-0.15, -0.1) is 0 Å². The van der Waals surface area contributed by atoms with Crippen molar-refractivity contribution in [2.75, 3.05) is 14.2 Å². The lowest BCUT2D eigenvalue weighted by Crippen LogP contribution is -2.41. The van der Waals surface area contributed by atoms with E-state index in [1.165, 1.54) is 0 Å². The number of benzene rings is 1. The third kappa shape index (κ3) is 1.75. The maximum atomic E-state index is 11.2. The zero-order chi connectivity index (χ0) is 10.8. The van der Waals surface area contributed by atoms with E-state index < -0.39 is 0 Å². The highest BCUT2D eigenvalue weighted by Crippen LogP contribution is 2.37. The molecule has 0 bridgehead atoms. The summed E-state index contributed by atoms with van der Waals surface area (Å²) >= 11 is 0. The summed E-state index contributed by atoms with van der Waals surface area (Å²) in [5, 5.41) is 0. The lowest BCUT2D eigenvalue weighted by molar-refractivity contribution is -0.140. The zero-order valence-corrected chi connectivity index (χ0v) is 8.90. The normalized spacial score (nSPS) is 24.8. The van der Waals surface area contributed by atoms with E-state index in [9.17, 15) is 4.79 Å². The molecule has 0 unspecified atom stereocenters. The maximum Gasteiger partial charge on any atom is 0.162 e. The summed E-state index contributed by atoms with van der Waals surface area (Å²) in [5.74, 6) is 1.20. The Kier molecular flexibility index (Phi) is 2.73. The van der Waals surface area contributed by atoms with Crippen molar-refractivity contribution in [3.63, 3.8) is 0 Å². The molecule has 1 aliphatic rings. The second-order valence-corrected chi connectivity index (χ2v) is 3.71. The number of rotatable bonds is 3. The van der Waals surface area contributed by atoms with Crippen LogP contribution in [-0.2, 0) is 9.53 Å². The molecule has 2 rings (SSSR count). The quantitative estimate of drug-likeness (QED) is 0.756. The Hall–Kier alpha value is -1.35. The molecule has 0 spiro atoms. The number of hydrogen-bond donors (Lipinski definition) is 0. The Balaban J connectivity index is 2.19. The van der Waals surface area contributed by atoms with Crippen LogP contribution in [0.5, 0.6) is 5.75 Å². The van der Waals surface area contributed by atoms with Crippen molar-refractivity contribution in [3.8, 4) is 5.75 Å². The van der Waals surface area contributed by atoms with Crippen LogP contribution in [-0.4, -0.2) is 26.1 Å². The SMILES string of the molecule is COc1cccc([C@H]2CC(=O)[C@H]2OC)c1. The van der Waals surface area contributed by atoms with E-state index in [-0.39, 0.29) is 17.8 Å². The van der Waals surface area contributed by atoms with E-state index in [2.05, 4.69) is 0 Å². The Morgan fingerprint density at radius 1 is 1.33 bits per heavy atom. The van der Waals surface area contributed by atoms with Crippen LogP contribution in [0.25, 0.3) is 0 Å². The van der Waals surface area contributed by atoms with Crippen LogP contribution in [0.2, 0.25) is 0 Å². The van der Waals surface area contributed by atoms with Gasteiger partial charge in [-0.3, -0.25) is 4.79 Å². The van der Waals surface area contributed by atoms with Gasteiger partial charge in [-0.25, -0.2) is 0 Å². The van der Waals surface area contributed by atoms with E-state index in [1.807, 2.05) is 24.3 Å². The van der Waals surface area contributed by atoms with Gasteiger partial charge in [0.1, 0.15) is 11.9 Å². The number of carbonyl (C=O) groups is 1. The zero-order valence-electron chi connectivity index (χ0n) is 8.90. The smallest absolute Gasteiger partial charge is 0.162 e. The van der Waals surface area contributed by atoms with Gasteiger partial charge in [0, 0.05) is 19.4 Å². The van der Waals surface area contributed by atoms with Gasteiger partial charge in [0.15, 0.2) is 5.78 Å². The monoisotopic (exact) mass is 206 g/mol. The summed E-state index contributed by atoms with van der Waals surface area (Å²) in [6, 6.07) is 7.80. The molecule has 3 heteroatoms. The van der Waals surface area contributed by atoms with Crippen LogP contribution in [0.1, 0.15) is 17.9 Å². The number of ether oxygens (including phenoxy) is 2. The lowest BCUT2D eigenvalue weighted by atomic mass is 9.76. The minimum Gasteiger partial charge on any atom is -0.497 e. The van der Waals surface area contributed by atoms with Gasteiger partial charge in [-0.05, 0) is 17.7 Å². The molecule has 0 amide bonds. The average molecular weight is 206 g/mol. The van der Waals surface area contributed by atoms with Crippen LogP contribution in [0.4, 0.5) is 0 Å². The lowest BCUT2D eigenvalue weighted by Gasteiger charge is -2.34. The molecule has 1 aromatic rings. The van der Waals surface area contributed by atoms with Crippen LogP contribution in [0.3, 0.4) is 0 Å². The van der Waals surface area contributed by atoms with Crippen LogP contribution < -0.4 is 4.74 Å². The highest BCUT2D eigenvalue weighted by molar-refractivity contribution is 5.91. The molecule has 0 heterocycles. The molecular formula is C12H14O3. The van der Waals surface area contributed by atoms with Crippen molar-refractivity contribution in [3.05, 3.63) is 29.8 Å². The number of methoxy groups -OCH3 is 2. The first-order chi connectivity index (χ1) is 7.26. The highest BCUT2D eigenvalue weighted by atomic mass is 16.5. The van der Waals surface area contributed by atoms with Gasteiger partial charge in [-0.1, -0.05) is 12.1 Å². The summed E-state index contributed by atoms with van der Waals surface area (Å²) in [7, 11) is 3.22. The fourth-order valence-electron chi connectivity index (χ4n) is 1.96. The van der Waals surface area contributed by atoms with E-state index in [0.717, 1.165) is 11.3 Å². The van der Waals surface area contributed by atoms with Gasteiger partial charge in [0.25, 0.3) is 0 Å². The molecule has 2 atom stereocenters. The fourth-order valence-corrected chi connectivity index (χ4v) is 1.96. The van der Waals surface area contributed by atoms with Gasteiger partial charge >= 0.3 is 0 Å². The predicted molar refractivity (Wildman–Crippen MR) is 56.2 cm³/mol. The molecule has 15 heavy (non-hydrogen) atoms. The van der Waals surface area contributed by atoms with Crippen molar-refractivity contribution in [2.45, 2.75) is 18.4 Å². The second kappa shape index (κ2) is 4.03. The average Bonchev–Trinajstić information content (AvgIpc) is 2.26. The van der Waals surface area contributed by atoms with Crippen LogP contribution >= 0.6 is 0 Å². The summed E-state index contributed by atoms with van der Waals surface area (Å²) < 4.78 is 10.3. The molecule has 0 radical (unpaired) electrons. The van der Waals surface area contributed by atoms with Crippen molar-refractivity contribution in [1.29, 1.82) is 0 Å². The number of hydrogen-bond acceptors (Lipinski definition) is 3. The molecule has 0 saturated heterocycles. The Morgan fingerprint density at radius 3 is 2.73 bits per heavy atom. The van der Waals surface area contributed by atoms with Crippen molar-refractivity contribution >= 4 is 5.78 Å². The van der Waals surface area contributed by atoms with E-state index in [0.29, 0.717) is 6.42 Å². The molecule has 80 valence electrons. The van der Waals surface area contributed by atoms with Crippen molar-refractivity contribution in [2.24, 2.45) is 0 Å². The maximum absolute atomic E-state index is 11.2. The summed E-state index contributed by atoms with van der Waals surface area (Å²) in [6.07, 6.45) is 0.309. The molecule has 1 fully saturated rings. The summed E-state index contributed by atoms with van der Waals surface area (Å²) in [5.41, 5.74) is 1.11. The first-order valence-corrected chi connectivity index (χ1v) is 4.95. The highest BCUT2D eigenvalue weighted by Gasteiger charge is 2.40. The number of ketones is 1. The fraction of sp³-hybridized carbons (Fsp3) is 0.417. The van der Waals surface area contributed by atoms with Crippen LogP contribution in [0, 0.1) is 0 Å². The molecule has 0 aromatic heterocycles. The van der Waals surface area contributed by atoms with Gasteiger partial charge in [-0.2, -0.15) is 0 Å². The third-order valence-electron chi connectivity index (χ3n) is 2.88. The standard InChI is InChI=1S/C12H14O3/c1-14-9-5-3-4-8(6-9)10-7-11(13)12(10)15-2/h3-6,10,12H,7H2,1-2H3/t10-,12+/m1/s1. The third-order valence-corrected chi connectivity index (χ3v) is 2.88.